The molecule has 1 heterocycles. The van der Waals surface area contributed by atoms with Gasteiger partial charge in [0.25, 0.3) is 0 Å². The minimum Gasteiger partial charge on any atom is -0.451 e. The molecule has 1 saturated carbocycles. The van der Waals surface area contributed by atoms with E-state index >= 15 is 0 Å². The standard InChI is InChI=1S/C10H14Br2N2O/c11-7-3-9(15-10(7)12)8(4-13)14-5-6-1-2-6/h3,6,8,14H,1-2,4-5,13H2. The largest absolute Gasteiger partial charge is 0.451 e. The summed E-state index contributed by atoms with van der Waals surface area (Å²) in [5.41, 5.74) is 5.72. The molecule has 0 spiro atoms. The van der Waals surface area contributed by atoms with E-state index in [1.807, 2.05) is 6.07 Å². The van der Waals surface area contributed by atoms with Gasteiger partial charge in [-0.05, 0) is 63.2 Å². The molecule has 84 valence electrons. The van der Waals surface area contributed by atoms with E-state index in [4.69, 9.17) is 10.2 Å². The van der Waals surface area contributed by atoms with Crippen LogP contribution >= 0.6 is 31.9 Å². The molecule has 2 rings (SSSR count). The lowest BCUT2D eigenvalue weighted by Crippen LogP contribution is -2.29. The second kappa shape index (κ2) is 4.99. The molecule has 1 unspecified atom stereocenters. The fourth-order valence-corrected chi connectivity index (χ4v) is 2.07. The number of furan rings is 1. The summed E-state index contributed by atoms with van der Waals surface area (Å²) >= 11 is 6.72. The number of halogens is 2. The van der Waals surface area contributed by atoms with Crippen LogP contribution in [0.3, 0.4) is 0 Å². The predicted molar refractivity (Wildman–Crippen MR) is 66.6 cm³/mol. The van der Waals surface area contributed by atoms with Crippen LogP contribution in [0.25, 0.3) is 0 Å². The highest BCUT2D eigenvalue weighted by Gasteiger charge is 2.23. The van der Waals surface area contributed by atoms with Gasteiger partial charge in [0.05, 0.1) is 10.5 Å². The van der Waals surface area contributed by atoms with Crippen LogP contribution in [-0.4, -0.2) is 13.1 Å². The fourth-order valence-electron chi connectivity index (χ4n) is 1.47. The SMILES string of the molecule is NCC(NCC1CC1)c1cc(Br)c(Br)o1. The Hall–Kier alpha value is 0.160. The van der Waals surface area contributed by atoms with Crippen molar-refractivity contribution in [3.8, 4) is 0 Å². The van der Waals surface area contributed by atoms with Crippen molar-refractivity contribution in [2.24, 2.45) is 11.7 Å². The van der Waals surface area contributed by atoms with E-state index in [1.54, 1.807) is 0 Å². The third-order valence-corrected chi connectivity index (χ3v) is 4.30. The van der Waals surface area contributed by atoms with Gasteiger partial charge in [-0.25, -0.2) is 0 Å². The maximum absolute atomic E-state index is 5.72. The molecular formula is C10H14Br2N2O. The van der Waals surface area contributed by atoms with Gasteiger partial charge in [-0.3, -0.25) is 0 Å². The molecule has 0 aromatic carbocycles. The van der Waals surface area contributed by atoms with E-state index in [0.717, 1.165) is 27.4 Å². The van der Waals surface area contributed by atoms with Gasteiger partial charge in [-0.15, -0.1) is 0 Å². The molecule has 5 heteroatoms. The second-order valence-corrected chi connectivity index (χ2v) is 5.48. The Morgan fingerprint density at radius 3 is 2.73 bits per heavy atom. The second-order valence-electron chi connectivity index (χ2n) is 3.91. The lowest BCUT2D eigenvalue weighted by molar-refractivity contribution is 0.401. The number of rotatable bonds is 5. The summed E-state index contributed by atoms with van der Waals surface area (Å²) in [5.74, 6) is 1.73. The minimum absolute atomic E-state index is 0.119. The monoisotopic (exact) mass is 336 g/mol. The molecule has 1 aromatic rings. The van der Waals surface area contributed by atoms with Gasteiger partial charge >= 0.3 is 0 Å². The molecule has 1 aliphatic carbocycles. The summed E-state index contributed by atoms with van der Waals surface area (Å²) in [6, 6.07) is 2.08. The van der Waals surface area contributed by atoms with Crippen LogP contribution in [0.2, 0.25) is 0 Å². The van der Waals surface area contributed by atoms with Crippen molar-refractivity contribution in [2.45, 2.75) is 18.9 Å². The van der Waals surface area contributed by atoms with Crippen LogP contribution < -0.4 is 11.1 Å². The summed E-state index contributed by atoms with van der Waals surface area (Å²) in [6.07, 6.45) is 2.69. The average molecular weight is 338 g/mol. The molecule has 15 heavy (non-hydrogen) atoms. The van der Waals surface area contributed by atoms with Crippen LogP contribution in [0.4, 0.5) is 0 Å². The molecule has 1 aromatic heterocycles. The smallest absolute Gasteiger partial charge is 0.183 e. The fraction of sp³-hybridized carbons (Fsp3) is 0.600. The van der Waals surface area contributed by atoms with Gasteiger partial charge in [-0.2, -0.15) is 0 Å². The Labute approximate surface area is 106 Å². The Morgan fingerprint density at radius 1 is 1.53 bits per heavy atom. The summed E-state index contributed by atoms with van der Waals surface area (Å²) < 4.78 is 7.21. The first-order valence-electron chi connectivity index (χ1n) is 5.09. The zero-order valence-corrected chi connectivity index (χ0v) is 11.5. The number of hydrogen-bond donors (Lipinski definition) is 2. The zero-order valence-electron chi connectivity index (χ0n) is 8.30. The summed E-state index contributed by atoms with van der Waals surface area (Å²) in [5, 5.41) is 3.43. The molecule has 0 radical (unpaired) electrons. The Morgan fingerprint density at radius 2 is 2.27 bits per heavy atom. The number of hydrogen-bond acceptors (Lipinski definition) is 3. The van der Waals surface area contributed by atoms with Crippen molar-refractivity contribution >= 4 is 31.9 Å². The topological polar surface area (TPSA) is 51.2 Å². The molecule has 3 nitrogen and oxygen atoms in total. The van der Waals surface area contributed by atoms with Crippen molar-refractivity contribution in [3.63, 3.8) is 0 Å². The minimum atomic E-state index is 0.119. The molecule has 0 bridgehead atoms. The van der Waals surface area contributed by atoms with Gasteiger partial charge in [0, 0.05) is 6.54 Å². The van der Waals surface area contributed by atoms with Crippen LogP contribution in [0.15, 0.2) is 19.6 Å². The number of nitrogens with one attached hydrogen (secondary N) is 1. The van der Waals surface area contributed by atoms with E-state index < -0.39 is 0 Å². The van der Waals surface area contributed by atoms with E-state index in [1.165, 1.54) is 12.8 Å². The van der Waals surface area contributed by atoms with Crippen LogP contribution in [0.1, 0.15) is 24.6 Å². The molecule has 0 saturated heterocycles. The zero-order chi connectivity index (χ0) is 10.8. The molecule has 0 amide bonds. The highest BCUT2D eigenvalue weighted by Crippen LogP contribution is 2.31. The van der Waals surface area contributed by atoms with Gasteiger partial charge in [0.1, 0.15) is 5.76 Å². The molecule has 1 atom stereocenters. The molecule has 1 fully saturated rings. The van der Waals surface area contributed by atoms with Crippen molar-refractivity contribution < 1.29 is 4.42 Å². The van der Waals surface area contributed by atoms with E-state index in [2.05, 4.69) is 37.2 Å². The maximum Gasteiger partial charge on any atom is 0.183 e. The molecule has 3 N–H and O–H groups in total. The third-order valence-electron chi connectivity index (χ3n) is 2.59. The van der Waals surface area contributed by atoms with E-state index in [0.29, 0.717) is 6.54 Å². The lowest BCUT2D eigenvalue weighted by Gasteiger charge is -2.13. The Bertz CT molecular complexity index is 317. The predicted octanol–water partition coefficient (Wildman–Crippen LogP) is 2.80. The van der Waals surface area contributed by atoms with Crippen molar-refractivity contribution in [1.29, 1.82) is 0 Å². The summed E-state index contributed by atoms with van der Waals surface area (Å²) in [6.45, 7) is 1.59. The lowest BCUT2D eigenvalue weighted by atomic mass is 10.2. The maximum atomic E-state index is 5.72. The molecule has 0 aliphatic heterocycles. The van der Waals surface area contributed by atoms with Crippen LogP contribution in [-0.2, 0) is 0 Å². The van der Waals surface area contributed by atoms with Crippen LogP contribution in [0.5, 0.6) is 0 Å². The quantitative estimate of drug-likeness (QED) is 0.868. The first-order valence-corrected chi connectivity index (χ1v) is 6.67. The van der Waals surface area contributed by atoms with Crippen LogP contribution in [0, 0.1) is 5.92 Å². The van der Waals surface area contributed by atoms with E-state index in [-0.39, 0.29) is 6.04 Å². The average Bonchev–Trinajstić information content (AvgIpc) is 2.96. The van der Waals surface area contributed by atoms with Gasteiger partial charge in [0.2, 0.25) is 0 Å². The normalized spacial score (nSPS) is 18.1. The van der Waals surface area contributed by atoms with Crippen molar-refractivity contribution in [3.05, 3.63) is 21.0 Å². The van der Waals surface area contributed by atoms with Gasteiger partial charge in [0.15, 0.2) is 4.67 Å². The molecule has 1 aliphatic rings. The Balaban J connectivity index is 1.97. The highest BCUT2D eigenvalue weighted by molar-refractivity contribution is 9.13. The molecular weight excluding hydrogens is 324 g/mol. The first-order chi connectivity index (χ1) is 7.20. The third kappa shape index (κ3) is 3.06. The first kappa shape index (κ1) is 11.6. The Kier molecular flexibility index (Phi) is 3.88. The van der Waals surface area contributed by atoms with Gasteiger partial charge < -0.3 is 15.5 Å². The highest BCUT2D eigenvalue weighted by atomic mass is 79.9. The van der Waals surface area contributed by atoms with E-state index in [9.17, 15) is 0 Å². The van der Waals surface area contributed by atoms with Crippen molar-refractivity contribution in [1.82, 2.24) is 5.32 Å². The summed E-state index contributed by atoms with van der Waals surface area (Å²) in [4.78, 5) is 0. The van der Waals surface area contributed by atoms with Gasteiger partial charge in [-0.1, -0.05) is 0 Å². The summed E-state index contributed by atoms with van der Waals surface area (Å²) in [7, 11) is 0. The van der Waals surface area contributed by atoms with Crippen molar-refractivity contribution in [2.75, 3.05) is 13.1 Å². The number of nitrogens with two attached hydrogens (primary N) is 1.